The minimum atomic E-state index is -0.341. The molecule has 0 spiro atoms. The third kappa shape index (κ3) is 6.83. The molecule has 3 rings (SSSR count). The van der Waals surface area contributed by atoms with Crippen LogP contribution in [0.2, 0.25) is 0 Å². The standard InChI is InChI=1S/C29H41N3O3S/c1-7-23(8-2)32-26-12-11-21(17-25(26)30-28(32)19-24-10-9-15-36-24)27(33)18-22(16-20(3)4)29(34)31(5)13-14-35-6/h9-12,15,17,20,22-23H,7-8,13-14,16,18-19H2,1-6H3/t22-/m1/s1. The van der Waals surface area contributed by atoms with E-state index in [1.165, 1.54) is 4.88 Å². The molecule has 0 unspecified atom stereocenters. The first-order valence-corrected chi connectivity index (χ1v) is 14.0. The quantitative estimate of drug-likeness (QED) is 0.235. The van der Waals surface area contributed by atoms with E-state index in [1.807, 2.05) is 18.2 Å². The molecule has 6 nitrogen and oxygen atoms in total. The average Bonchev–Trinajstić information content (AvgIpc) is 3.50. The third-order valence-corrected chi connectivity index (χ3v) is 7.72. The summed E-state index contributed by atoms with van der Waals surface area (Å²) in [5, 5.41) is 2.10. The molecule has 196 valence electrons. The van der Waals surface area contributed by atoms with Gasteiger partial charge in [0.2, 0.25) is 5.91 Å². The van der Waals surface area contributed by atoms with Crippen LogP contribution in [0.25, 0.3) is 11.0 Å². The molecule has 0 radical (unpaired) electrons. The summed E-state index contributed by atoms with van der Waals surface area (Å²) in [6, 6.07) is 10.4. The van der Waals surface area contributed by atoms with Crippen molar-refractivity contribution < 1.29 is 14.3 Å². The lowest BCUT2D eigenvalue weighted by atomic mass is 9.89. The normalized spacial score (nSPS) is 12.6. The minimum absolute atomic E-state index is 0.00595. The molecule has 0 N–H and O–H groups in total. The molecule has 1 atom stereocenters. The first-order chi connectivity index (χ1) is 17.3. The number of carbonyl (C=O) groups excluding carboxylic acids is 2. The van der Waals surface area contributed by atoms with E-state index < -0.39 is 0 Å². The number of carbonyl (C=O) groups is 2. The van der Waals surface area contributed by atoms with Crippen LogP contribution < -0.4 is 0 Å². The Labute approximate surface area is 219 Å². The zero-order chi connectivity index (χ0) is 26.2. The predicted molar refractivity (Wildman–Crippen MR) is 148 cm³/mol. The Morgan fingerprint density at radius 2 is 1.92 bits per heavy atom. The number of fused-ring (bicyclic) bond motifs is 1. The topological polar surface area (TPSA) is 64.4 Å². The van der Waals surface area contributed by atoms with Crippen LogP contribution in [-0.2, 0) is 16.0 Å². The number of benzene rings is 1. The number of imidazole rings is 1. The van der Waals surface area contributed by atoms with Crippen molar-refractivity contribution >= 4 is 34.1 Å². The van der Waals surface area contributed by atoms with E-state index in [0.717, 1.165) is 36.1 Å². The third-order valence-electron chi connectivity index (χ3n) is 6.85. The van der Waals surface area contributed by atoms with Crippen molar-refractivity contribution in [2.75, 3.05) is 27.3 Å². The van der Waals surface area contributed by atoms with E-state index in [1.54, 1.807) is 30.4 Å². The first-order valence-electron chi connectivity index (χ1n) is 13.1. The summed E-state index contributed by atoms with van der Waals surface area (Å²) in [6.07, 6.45) is 3.71. The molecular weight excluding hydrogens is 470 g/mol. The van der Waals surface area contributed by atoms with Gasteiger partial charge >= 0.3 is 0 Å². The van der Waals surface area contributed by atoms with Crippen molar-refractivity contribution in [3.63, 3.8) is 0 Å². The van der Waals surface area contributed by atoms with Crippen molar-refractivity contribution in [2.45, 2.75) is 65.8 Å². The molecule has 7 heteroatoms. The van der Waals surface area contributed by atoms with Gasteiger partial charge in [-0.25, -0.2) is 4.98 Å². The summed E-state index contributed by atoms with van der Waals surface area (Å²) in [5.41, 5.74) is 2.55. The van der Waals surface area contributed by atoms with Gasteiger partial charge in [-0.15, -0.1) is 11.3 Å². The van der Waals surface area contributed by atoms with Crippen molar-refractivity contribution in [1.82, 2.24) is 14.5 Å². The molecule has 3 aromatic rings. The number of aromatic nitrogens is 2. The summed E-state index contributed by atoms with van der Waals surface area (Å²) < 4.78 is 7.48. The summed E-state index contributed by atoms with van der Waals surface area (Å²) >= 11 is 1.74. The van der Waals surface area contributed by atoms with Crippen LogP contribution in [0, 0.1) is 11.8 Å². The number of Topliss-reactive ketones (excluding diaryl/α,β-unsaturated/α-hetero) is 1. The van der Waals surface area contributed by atoms with Gasteiger partial charge in [-0.1, -0.05) is 33.8 Å². The molecule has 0 bridgehead atoms. The van der Waals surface area contributed by atoms with Gasteiger partial charge in [-0.05, 0) is 54.8 Å². The average molecular weight is 512 g/mol. The Kier molecular flexibility index (Phi) is 10.3. The monoisotopic (exact) mass is 511 g/mol. The van der Waals surface area contributed by atoms with Crippen molar-refractivity contribution in [2.24, 2.45) is 11.8 Å². The van der Waals surface area contributed by atoms with Gasteiger partial charge in [0.05, 0.1) is 17.6 Å². The van der Waals surface area contributed by atoms with E-state index in [0.29, 0.717) is 37.1 Å². The van der Waals surface area contributed by atoms with Crippen LogP contribution in [0.5, 0.6) is 0 Å². The smallest absolute Gasteiger partial charge is 0.225 e. The molecule has 0 saturated carbocycles. The van der Waals surface area contributed by atoms with Gasteiger partial charge in [0, 0.05) is 55.9 Å². The fourth-order valence-corrected chi connectivity index (χ4v) is 5.61. The minimum Gasteiger partial charge on any atom is -0.383 e. The lowest BCUT2D eigenvalue weighted by Crippen LogP contribution is -2.36. The van der Waals surface area contributed by atoms with E-state index in [2.05, 4.69) is 49.8 Å². The van der Waals surface area contributed by atoms with E-state index >= 15 is 0 Å². The number of nitrogens with zero attached hydrogens (tertiary/aromatic N) is 3. The Hall–Kier alpha value is -2.51. The highest BCUT2D eigenvalue weighted by Crippen LogP contribution is 2.29. The predicted octanol–water partition coefficient (Wildman–Crippen LogP) is 6.39. The fourth-order valence-electron chi connectivity index (χ4n) is 4.91. The van der Waals surface area contributed by atoms with Crippen LogP contribution in [0.1, 0.15) is 80.5 Å². The highest BCUT2D eigenvalue weighted by Gasteiger charge is 2.27. The number of hydrogen-bond acceptors (Lipinski definition) is 5. The number of ketones is 1. The van der Waals surface area contributed by atoms with Crippen LogP contribution >= 0.6 is 11.3 Å². The molecule has 36 heavy (non-hydrogen) atoms. The van der Waals surface area contributed by atoms with Crippen LogP contribution in [0.3, 0.4) is 0 Å². The van der Waals surface area contributed by atoms with E-state index in [9.17, 15) is 9.59 Å². The van der Waals surface area contributed by atoms with Gasteiger partial charge in [0.25, 0.3) is 0 Å². The van der Waals surface area contributed by atoms with Gasteiger partial charge in [0.15, 0.2) is 5.78 Å². The largest absolute Gasteiger partial charge is 0.383 e. The lowest BCUT2D eigenvalue weighted by molar-refractivity contribution is -0.135. The van der Waals surface area contributed by atoms with Crippen molar-refractivity contribution in [3.8, 4) is 0 Å². The van der Waals surface area contributed by atoms with Gasteiger partial charge in [-0.2, -0.15) is 0 Å². The molecule has 0 aliphatic heterocycles. The van der Waals surface area contributed by atoms with Crippen LogP contribution in [0.4, 0.5) is 0 Å². The number of ether oxygens (including phenoxy) is 1. The van der Waals surface area contributed by atoms with Crippen molar-refractivity contribution in [3.05, 3.63) is 52.0 Å². The maximum atomic E-state index is 13.4. The second kappa shape index (κ2) is 13.2. The Morgan fingerprint density at radius 1 is 1.17 bits per heavy atom. The number of thiophene rings is 1. The Bertz CT molecular complexity index is 1130. The highest BCUT2D eigenvalue weighted by atomic mass is 32.1. The highest BCUT2D eigenvalue weighted by molar-refractivity contribution is 7.09. The molecule has 0 fully saturated rings. The van der Waals surface area contributed by atoms with Crippen LogP contribution in [-0.4, -0.2) is 53.5 Å². The summed E-state index contributed by atoms with van der Waals surface area (Å²) in [7, 11) is 3.41. The molecule has 1 amide bonds. The SMILES string of the molecule is CCC(CC)n1c(Cc2cccs2)nc2cc(C(=O)C[C@@H](CC(C)C)C(=O)N(C)CCOC)ccc21. The number of rotatable bonds is 14. The Morgan fingerprint density at radius 3 is 2.53 bits per heavy atom. The summed E-state index contributed by atoms with van der Waals surface area (Å²) in [5.74, 6) is 1.02. The number of likely N-dealkylation sites (N-methyl/N-ethyl adjacent to an activating group) is 1. The fraction of sp³-hybridized carbons (Fsp3) is 0.552. The first kappa shape index (κ1) is 28.1. The Balaban J connectivity index is 1.90. The molecule has 2 aromatic heterocycles. The molecule has 0 saturated heterocycles. The molecule has 0 aliphatic carbocycles. The number of amides is 1. The maximum Gasteiger partial charge on any atom is 0.225 e. The maximum absolute atomic E-state index is 13.4. The zero-order valence-electron chi connectivity index (χ0n) is 22.6. The lowest BCUT2D eigenvalue weighted by Gasteiger charge is -2.24. The molecule has 0 aliphatic rings. The second-order valence-electron chi connectivity index (χ2n) is 10.0. The van der Waals surface area contributed by atoms with Crippen LogP contribution in [0.15, 0.2) is 35.7 Å². The number of hydrogen-bond donors (Lipinski definition) is 0. The summed E-state index contributed by atoms with van der Waals surface area (Å²) in [4.78, 5) is 34.5. The van der Waals surface area contributed by atoms with Gasteiger partial charge in [0.1, 0.15) is 5.82 Å². The van der Waals surface area contributed by atoms with E-state index in [4.69, 9.17) is 9.72 Å². The van der Waals surface area contributed by atoms with Gasteiger partial charge < -0.3 is 14.2 Å². The zero-order valence-corrected chi connectivity index (χ0v) is 23.4. The molecule has 1 aromatic carbocycles. The van der Waals surface area contributed by atoms with E-state index in [-0.39, 0.29) is 24.0 Å². The number of methoxy groups -OCH3 is 1. The van der Waals surface area contributed by atoms with Gasteiger partial charge in [-0.3, -0.25) is 9.59 Å². The summed E-state index contributed by atoms with van der Waals surface area (Å²) in [6.45, 7) is 9.60. The molecule has 2 heterocycles. The second-order valence-corrected chi connectivity index (χ2v) is 11.1. The van der Waals surface area contributed by atoms with Crippen molar-refractivity contribution in [1.29, 1.82) is 0 Å². The molecular formula is C29H41N3O3S.